The van der Waals surface area contributed by atoms with E-state index in [1.807, 2.05) is 41.7 Å². The third kappa shape index (κ3) is 5.77. The molecular formula is C27H35N7O2S. The number of nitrogens with zero attached hydrogens (tertiary/aromatic N) is 5. The maximum absolute atomic E-state index is 11.0. The molecule has 4 aromatic rings. The third-order valence-corrected chi connectivity index (χ3v) is 8.11. The van der Waals surface area contributed by atoms with Crippen molar-refractivity contribution in [2.75, 3.05) is 43.4 Å². The van der Waals surface area contributed by atoms with Gasteiger partial charge in [-0.3, -0.25) is 4.98 Å². The number of hydrogen-bond acceptors (Lipinski definition) is 9. The zero-order chi connectivity index (χ0) is 25.6. The average Bonchev–Trinajstić information content (AvgIpc) is 3.67. The summed E-state index contributed by atoms with van der Waals surface area (Å²) >= 11 is 1.61. The van der Waals surface area contributed by atoms with Crippen molar-refractivity contribution in [2.24, 2.45) is 5.92 Å². The van der Waals surface area contributed by atoms with Crippen LogP contribution in [0.4, 0.5) is 10.8 Å². The number of anilines is 2. The van der Waals surface area contributed by atoms with Gasteiger partial charge in [0.15, 0.2) is 0 Å². The SMILES string of the molecule is CNc1ncnc2c1ccn2[C@@H]1C[C@H](CN(CCCNCCc2ccccc2)c2cncs2)[C@@H](O)[C@H]1O. The molecule has 5 rings (SSSR count). The lowest BCUT2D eigenvalue weighted by Gasteiger charge is -2.27. The minimum Gasteiger partial charge on any atom is -0.390 e. The van der Waals surface area contributed by atoms with E-state index >= 15 is 0 Å². The minimum absolute atomic E-state index is 0.0730. The molecule has 1 aromatic carbocycles. The summed E-state index contributed by atoms with van der Waals surface area (Å²) in [6, 6.07) is 12.2. The van der Waals surface area contributed by atoms with Gasteiger partial charge in [0.1, 0.15) is 28.9 Å². The molecule has 37 heavy (non-hydrogen) atoms. The van der Waals surface area contributed by atoms with Crippen LogP contribution in [0, 0.1) is 5.92 Å². The van der Waals surface area contributed by atoms with Crippen LogP contribution < -0.4 is 15.5 Å². The lowest BCUT2D eigenvalue weighted by atomic mass is 10.0. The molecule has 3 aromatic heterocycles. The van der Waals surface area contributed by atoms with Gasteiger partial charge in [-0.2, -0.15) is 0 Å². The molecule has 0 unspecified atom stereocenters. The van der Waals surface area contributed by atoms with Gasteiger partial charge in [0.05, 0.1) is 29.2 Å². The summed E-state index contributed by atoms with van der Waals surface area (Å²) in [6.07, 6.45) is 6.33. The number of benzene rings is 1. The number of aliphatic hydroxyl groups excluding tert-OH is 2. The average molecular weight is 522 g/mol. The molecule has 1 saturated carbocycles. The Balaban J connectivity index is 1.20. The number of fused-ring (bicyclic) bond motifs is 1. The molecule has 1 fully saturated rings. The van der Waals surface area contributed by atoms with Crippen molar-refractivity contribution >= 4 is 33.2 Å². The Kier molecular flexibility index (Phi) is 8.30. The van der Waals surface area contributed by atoms with Gasteiger partial charge in [0, 0.05) is 32.3 Å². The standard InChI is InChI=1S/C27H35N7O2S/c1-28-26-21-9-13-34(27(21)32-17-31-26)22-14-20(24(35)25(22)36)16-33(23-15-30-18-37-23)12-5-10-29-11-8-19-6-3-2-4-7-19/h2-4,6-7,9,13,15,17-18,20,22,24-25,29,35-36H,5,8,10-12,14,16H2,1H3,(H,28,31,32)/t20-,22-,24-,25+/m1/s1. The van der Waals surface area contributed by atoms with Crippen molar-refractivity contribution < 1.29 is 10.2 Å². The molecule has 0 spiro atoms. The summed E-state index contributed by atoms with van der Waals surface area (Å²) in [5.41, 5.74) is 3.94. The largest absolute Gasteiger partial charge is 0.390 e. The predicted molar refractivity (Wildman–Crippen MR) is 148 cm³/mol. The zero-order valence-corrected chi connectivity index (χ0v) is 21.9. The fourth-order valence-corrected chi connectivity index (χ4v) is 6.00. The van der Waals surface area contributed by atoms with Crippen molar-refractivity contribution in [3.63, 3.8) is 0 Å². The topological polar surface area (TPSA) is 111 Å². The van der Waals surface area contributed by atoms with E-state index in [1.54, 1.807) is 11.3 Å². The molecule has 4 atom stereocenters. The molecule has 1 aliphatic carbocycles. The maximum Gasteiger partial charge on any atom is 0.145 e. The highest BCUT2D eigenvalue weighted by Gasteiger charge is 2.43. The van der Waals surface area contributed by atoms with E-state index in [2.05, 4.69) is 54.8 Å². The number of thiazole rings is 1. The molecule has 10 heteroatoms. The molecular weight excluding hydrogens is 486 g/mol. The Morgan fingerprint density at radius 1 is 1.11 bits per heavy atom. The zero-order valence-electron chi connectivity index (χ0n) is 21.1. The van der Waals surface area contributed by atoms with Crippen LogP contribution in [0.5, 0.6) is 0 Å². The van der Waals surface area contributed by atoms with E-state index in [4.69, 9.17) is 0 Å². The van der Waals surface area contributed by atoms with Crippen molar-refractivity contribution in [2.45, 2.75) is 37.5 Å². The fourth-order valence-electron chi connectivity index (χ4n) is 5.33. The predicted octanol–water partition coefficient (Wildman–Crippen LogP) is 2.94. The smallest absolute Gasteiger partial charge is 0.145 e. The highest BCUT2D eigenvalue weighted by atomic mass is 32.1. The van der Waals surface area contributed by atoms with Crippen molar-refractivity contribution in [3.8, 4) is 0 Å². The second kappa shape index (κ2) is 12.0. The molecule has 0 bridgehead atoms. The summed E-state index contributed by atoms with van der Waals surface area (Å²) in [4.78, 5) is 15.3. The second-order valence-corrected chi connectivity index (χ2v) is 10.5. The highest BCUT2D eigenvalue weighted by molar-refractivity contribution is 7.13. The van der Waals surface area contributed by atoms with Gasteiger partial charge in [-0.05, 0) is 44.0 Å². The third-order valence-electron chi connectivity index (χ3n) is 7.28. The van der Waals surface area contributed by atoms with Crippen LogP contribution in [0.15, 0.2) is 60.6 Å². The summed E-state index contributed by atoms with van der Waals surface area (Å²) in [5.74, 6) is 0.679. The summed E-state index contributed by atoms with van der Waals surface area (Å²) < 4.78 is 1.99. The quantitative estimate of drug-likeness (QED) is 0.211. The number of aliphatic hydroxyl groups is 2. The van der Waals surface area contributed by atoms with Crippen LogP contribution in [-0.4, -0.2) is 75.2 Å². The molecule has 1 aliphatic rings. The first kappa shape index (κ1) is 25.6. The Morgan fingerprint density at radius 3 is 2.76 bits per heavy atom. The van der Waals surface area contributed by atoms with Crippen LogP contribution in [-0.2, 0) is 6.42 Å². The van der Waals surface area contributed by atoms with Gasteiger partial charge < -0.3 is 30.3 Å². The molecule has 0 radical (unpaired) electrons. The first-order chi connectivity index (χ1) is 18.2. The Labute approximate surface area is 221 Å². The van der Waals surface area contributed by atoms with E-state index in [0.717, 1.165) is 54.3 Å². The Morgan fingerprint density at radius 2 is 1.97 bits per heavy atom. The first-order valence-electron chi connectivity index (χ1n) is 12.9. The molecule has 0 saturated heterocycles. The molecule has 196 valence electrons. The summed E-state index contributed by atoms with van der Waals surface area (Å²) in [7, 11) is 1.83. The van der Waals surface area contributed by atoms with E-state index in [1.165, 1.54) is 11.9 Å². The fraction of sp³-hybridized carbons (Fsp3) is 0.444. The lowest BCUT2D eigenvalue weighted by molar-refractivity contribution is 0.00794. The van der Waals surface area contributed by atoms with Crippen LogP contribution in [0.25, 0.3) is 11.0 Å². The van der Waals surface area contributed by atoms with Crippen molar-refractivity contribution in [1.29, 1.82) is 0 Å². The second-order valence-electron chi connectivity index (χ2n) is 9.60. The Hall–Kier alpha value is -3.05. The number of nitrogens with one attached hydrogen (secondary N) is 2. The van der Waals surface area contributed by atoms with Crippen LogP contribution in [0.2, 0.25) is 0 Å². The molecule has 0 aliphatic heterocycles. The molecule has 0 amide bonds. The normalized spacial score (nSPS) is 21.5. The minimum atomic E-state index is -0.864. The monoisotopic (exact) mass is 521 g/mol. The highest BCUT2D eigenvalue weighted by Crippen LogP contribution is 2.39. The van der Waals surface area contributed by atoms with E-state index in [-0.39, 0.29) is 12.0 Å². The molecule has 9 nitrogen and oxygen atoms in total. The van der Waals surface area contributed by atoms with Gasteiger partial charge in [-0.15, -0.1) is 11.3 Å². The van der Waals surface area contributed by atoms with Gasteiger partial charge in [-0.1, -0.05) is 30.3 Å². The van der Waals surface area contributed by atoms with E-state index in [9.17, 15) is 10.2 Å². The van der Waals surface area contributed by atoms with Crippen LogP contribution in [0.3, 0.4) is 0 Å². The lowest BCUT2D eigenvalue weighted by Crippen LogP contribution is -2.37. The molecule has 3 heterocycles. The Bertz CT molecular complexity index is 1250. The van der Waals surface area contributed by atoms with Crippen molar-refractivity contribution in [3.05, 3.63) is 66.2 Å². The summed E-state index contributed by atoms with van der Waals surface area (Å²) in [5, 5.41) is 30.7. The van der Waals surface area contributed by atoms with Gasteiger partial charge >= 0.3 is 0 Å². The van der Waals surface area contributed by atoms with Gasteiger partial charge in [0.2, 0.25) is 0 Å². The summed E-state index contributed by atoms with van der Waals surface area (Å²) in [6.45, 7) is 3.39. The number of rotatable bonds is 12. The first-order valence-corrected chi connectivity index (χ1v) is 13.8. The van der Waals surface area contributed by atoms with E-state index in [0.29, 0.717) is 13.0 Å². The number of aromatic nitrogens is 4. The van der Waals surface area contributed by atoms with E-state index < -0.39 is 12.2 Å². The maximum atomic E-state index is 11.0. The van der Waals surface area contributed by atoms with Gasteiger partial charge in [0.25, 0.3) is 0 Å². The van der Waals surface area contributed by atoms with Crippen LogP contribution >= 0.6 is 11.3 Å². The van der Waals surface area contributed by atoms with Gasteiger partial charge in [-0.25, -0.2) is 9.97 Å². The number of hydrogen-bond donors (Lipinski definition) is 4. The molecule has 4 N–H and O–H groups in total. The van der Waals surface area contributed by atoms with Crippen LogP contribution in [0.1, 0.15) is 24.4 Å². The van der Waals surface area contributed by atoms with Crippen molar-refractivity contribution in [1.82, 2.24) is 24.8 Å².